The number of carboxylic acid groups (broad SMARTS) is 1. The van der Waals surface area contributed by atoms with Crippen LogP contribution in [0.5, 0.6) is 0 Å². The van der Waals surface area contributed by atoms with E-state index in [1.165, 1.54) is 0 Å². The minimum Gasteiger partial charge on any atom is -0.480 e. The number of β-amino-alcohol motifs (C(OH)–C–C–N with tert-alkyl or cyclic N) is 1. The fourth-order valence-corrected chi connectivity index (χ4v) is 4.73. The van der Waals surface area contributed by atoms with Gasteiger partial charge in [-0.05, 0) is 34.1 Å². The molecule has 20 heavy (non-hydrogen) atoms. The van der Waals surface area contributed by atoms with E-state index in [2.05, 4.69) is 15.9 Å². The maximum atomic E-state index is 13.0. The van der Waals surface area contributed by atoms with E-state index in [1.807, 2.05) is 0 Å². The molecule has 0 bridgehead atoms. The lowest BCUT2D eigenvalue weighted by Gasteiger charge is -2.21. The molecule has 1 aliphatic heterocycles. The van der Waals surface area contributed by atoms with Crippen molar-refractivity contribution < 1.29 is 27.8 Å². The summed E-state index contributed by atoms with van der Waals surface area (Å²) in [5.41, 5.74) is 0. The summed E-state index contributed by atoms with van der Waals surface area (Å²) >= 11 is 2.95. The Morgan fingerprint density at radius 2 is 2.10 bits per heavy atom. The van der Waals surface area contributed by atoms with Crippen LogP contribution in [0.3, 0.4) is 0 Å². The van der Waals surface area contributed by atoms with Gasteiger partial charge < -0.3 is 10.2 Å². The second-order valence-corrected chi connectivity index (χ2v) is 7.11. The number of benzene rings is 1. The normalized spacial score (nSPS) is 23.9. The summed E-state index contributed by atoms with van der Waals surface area (Å²) in [4.78, 5) is 10.8. The van der Waals surface area contributed by atoms with E-state index in [9.17, 15) is 22.7 Å². The molecule has 0 aliphatic carbocycles. The number of hydrogen-bond acceptors (Lipinski definition) is 4. The minimum absolute atomic E-state index is 0.00280. The molecule has 2 N–H and O–H groups in total. The van der Waals surface area contributed by atoms with Crippen LogP contribution in [0, 0.1) is 5.82 Å². The molecule has 0 saturated carbocycles. The van der Waals surface area contributed by atoms with Gasteiger partial charge in [-0.1, -0.05) is 0 Å². The number of carboxylic acids is 1. The molecule has 1 saturated heterocycles. The van der Waals surface area contributed by atoms with Gasteiger partial charge in [0.05, 0.1) is 11.0 Å². The van der Waals surface area contributed by atoms with Crippen LogP contribution in [0.15, 0.2) is 27.6 Å². The van der Waals surface area contributed by atoms with Crippen LogP contribution in [0.4, 0.5) is 4.39 Å². The first-order valence-corrected chi connectivity index (χ1v) is 7.84. The highest BCUT2D eigenvalue weighted by Crippen LogP contribution is 2.31. The zero-order chi connectivity index (χ0) is 15.1. The highest BCUT2D eigenvalue weighted by atomic mass is 79.9. The summed E-state index contributed by atoms with van der Waals surface area (Å²) < 4.78 is 38.6. The predicted molar refractivity (Wildman–Crippen MR) is 70.0 cm³/mol. The van der Waals surface area contributed by atoms with Gasteiger partial charge in [0.25, 0.3) is 0 Å². The Balaban J connectivity index is 2.46. The average molecular weight is 368 g/mol. The zero-order valence-electron chi connectivity index (χ0n) is 10.0. The second-order valence-electron chi connectivity index (χ2n) is 4.39. The maximum absolute atomic E-state index is 13.0. The van der Waals surface area contributed by atoms with Gasteiger partial charge in [0.1, 0.15) is 11.9 Å². The van der Waals surface area contributed by atoms with Crippen molar-refractivity contribution in [2.45, 2.75) is 23.5 Å². The van der Waals surface area contributed by atoms with Gasteiger partial charge in [-0.3, -0.25) is 4.79 Å². The Kier molecular flexibility index (Phi) is 4.14. The number of aliphatic hydroxyl groups is 1. The fraction of sp³-hybridized carbons (Fsp3) is 0.364. The van der Waals surface area contributed by atoms with Gasteiger partial charge in [-0.2, -0.15) is 4.31 Å². The summed E-state index contributed by atoms with van der Waals surface area (Å²) in [7, 11) is -4.13. The minimum atomic E-state index is -4.13. The summed E-state index contributed by atoms with van der Waals surface area (Å²) in [5.74, 6) is -1.95. The van der Waals surface area contributed by atoms with Gasteiger partial charge in [-0.25, -0.2) is 12.8 Å². The van der Waals surface area contributed by atoms with Crippen molar-refractivity contribution in [2.24, 2.45) is 0 Å². The number of aliphatic carboxylic acids is 1. The molecule has 1 fully saturated rings. The van der Waals surface area contributed by atoms with E-state index in [1.54, 1.807) is 0 Å². The summed E-state index contributed by atoms with van der Waals surface area (Å²) in [6.45, 7) is -0.302. The Bertz CT molecular complexity index is 650. The third-order valence-corrected chi connectivity index (χ3v) is 5.85. The smallest absolute Gasteiger partial charge is 0.322 e. The average Bonchev–Trinajstić information content (AvgIpc) is 2.71. The standard InChI is InChI=1S/C11H11BrFNO5S/c12-8-3-6(13)1-2-10(8)20(18,19)14-5-7(15)4-9(14)11(16)17/h1-3,7,9,15H,4-5H2,(H,16,17)/t7-,9-/m1/s1. The fourth-order valence-electron chi connectivity index (χ4n) is 2.09. The third-order valence-electron chi connectivity index (χ3n) is 3.00. The summed E-state index contributed by atoms with van der Waals surface area (Å²) in [5, 5.41) is 18.5. The van der Waals surface area contributed by atoms with E-state index in [0.717, 1.165) is 22.5 Å². The van der Waals surface area contributed by atoms with E-state index >= 15 is 0 Å². The lowest BCUT2D eigenvalue weighted by molar-refractivity contribution is -0.140. The van der Waals surface area contributed by atoms with Crippen LogP contribution in [-0.4, -0.2) is 47.6 Å². The van der Waals surface area contributed by atoms with E-state index in [4.69, 9.17) is 5.11 Å². The van der Waals surface area contributed by atoms with Gasteiger partial charge in [0.15, 0.2) is 0 Å². The number of rotatable bonds is 3. The molecule has 6 nitrogen and oxygen atoms in total. The molecule has 0 radical (unpaired) electrons. The molecule has 0 aromatic heterocycles. The number of nitrogens with zero attached hydrogens (tertiary/aromatic N) is 1. The molecule has 9 heteroatoms. The van der Waals surface area contributed by atoms with Crippen molar-refractivity contribution in [1.82, 2.24) is 4.31 Å². The molecular weight excluding hydrogens is 357 g/mol. The summed E-state index contributed by atoms with van der Waals surface area (Å²) in [6.07, 6.45) is -1.21. The number of halogens is 2. The SMILES string of the molecule is O=C(O)[C@H]1C[C@@H](O)CN1S(=O)(=O)c1ccc(F)cc1Br. The van der Waals surface area contributed by atoms with Crippen molar-refractivity contribution in [3.8, 4) is 0 Å². The van der Waals surface area contributed by atoms with E-state index in [0.29, 0.717) is 0 Å². The first kappa shape index (κ1) is 15.4. The Hall–Kier alpha value is -1.03. The molecule has 110 valence electrons. The number of aliphatic hydroxyl groups excluding tert-OH is 1. The molecule has 0 unspecified atom stereocenters. The lowest BCUT2D eigenvalue weighted by atomic mass is 10.2. The van der Waals surface area contributed by atoms with Crippen molar-refractivity contribution >= 4 is 31.9 Å². The first-order chi connectivity index (χ1) is 9.23. The molecule has 2 rings (SSSR count). The van der Waals surface area contributed by atoms with Gasteiger partial charge in [-0.15, -0.1) is 0 Å². The van der Waals surface area contributed by atoms with Crippen LogP contribution in [0.25, 0.3) is 0 Å². The van der Waals surface area contributed by atoms with Crippen LogP contribution >= 0.6 is 15.9 Å². The number of hydrogen-bond donors (Lipinski definition) is 2. The van der Waals surface area contributed by atoms with Gasteiger partial charge in [0.2, 0.25) is 10.0 Å². The molecule has 1 aromatic carbocycles. The highest BCUT2D eigenvalue weighted by molar-refractivity contribution is 9.10. The van der Waals surface area contributed by atoms with Crippen LogP contribution < -0.4 is 0 Å². The highest BCUT2D eigenvalue weighted by Gasteiger charge is 2.44. The topological polar surface area (TPSA) is 94.9 Å². The van der Waals surface area contributed by atoms with Gasteiger partial charge >= 0.3 is 5.97 Å². The van der Waals surface area contributed by atoms with Crippen molar-refractivity contribution in [2.75, 3.05) is 6.54 Å². The van der Waals surface area contributed by atoms with E-state index in [-0.39, 0.29) is 22.3 Å². The molecule has 2 atom stereocenters. The number of carbonyl (C=O) groups is 1. The maximum Gasteiger partial charge on any atom is 0.322 e. The van der Waals surface area contributed by atoms with Crippen molar-refractivity contribution in [3.63, 3.8) is 0 Å². The zero-order valence-corrected chi connectivity index (χ0v) is 12.4. The number of sulfonamides is 1. The first-order valence-electron chi connectivity index (χ1n) is 5.61. The van der Waals surface area contributed by atoms with Crippen LogP contribution in [-0.2, 0) is 14.8 Å². The van der Waals surface area contributed by atoms with Crippen LogP contribution in [0.2, 0.25) is 0 Å². The summed E-state index contributed by atoms with van der Waals surface area (Å²) in [6, 6.07) is 1.68. The monoisotopic (exact) mass is 367 g/mol. The lowest BCUT2D eigenvalue weighted by Crippen LogP contribution is -2.40. The molecular formula is C11H11BrFNO5S. The molecule has 1 heterocycles. The van der Waals surface area contributed by atoms with E-state index < -0.39 is 34.0 Å². The Morgan fingerprint density at radius 1 is 1.45 bits per heavy atom. The molecule has 1 aromatic rings. The quantitative estimate of drug-likeness (QED) is 0.823. The third kappa shape index (κ3) is 2.71. The Labute approximate surface area is 123 Å². The largest absolute Gasteiger partial charge is 0.480 e. The van der Waals surface area contributed by atoms with Crippen molar-refractivity contribution in [3.05, 3.63) is 28.5 Å². The molecule has 1 aliphatic rings. The van der Waals surface area contributed by atoms with Crippen molar-refractivity contribution in [1.29, 1.82) is 0 Å². The predicted octanol–water partition coefficient (Wildman–Crippen LogP) is 0.797. The molecule has 0 amide bonds. The Morgan fingerprint density at radius 3 is 2.65 bits per heavy atom. The van der Waals surface area contributed by atoms with Gasteiger partial charge in [0, 0.05) is 17.4 Å². The molecule has 0 spiro atoms. The second kappa shape index (κ2) is 5.40. The van der Waals surface area contributed by atoms with Crippen LogP contribution in [0.1, 0.15) is 6.42 Å².